The van der Waals surface area contributed by atoms with E-state index >= 15 is 0 Å². The summed E-state index contributed by atoms with van der Waals surface area (Å²) in [6.07, 6.45) is -1.06. The van der Waals surface area contributed by atoms with Crippen molar-refractivity contribution in [1.82, 2.24) is 0 Å². The zero-order valence-electron chi connectivity index (χ0n) is 15.2. The van der Waals surface area contributed by atoms with Crippen LogP contribution < -0.4 is 15.9 Å². The molecule has 0 aliphatic rings. The van der Waals surface area contributed by atoms with Gasteiger partial charge in [-0.05, 0) is 11.6 Å². The molecule has 3 atom stereocenters. The molecule has 3 aromatic carbocycles. The molecule has 9 heteroatoms. The Hall–Kier alpha value is -3.15. The lowest BCUT2D eigenvalue weighted by Crippen LogP contribution is -3.00. The molecule has 0 bridgehead atoms. The maximum Gasteiger partial charge on any atom is 0.195 e. The maximum absolute atomic E-state index is 11.5. The fraction of sp³-hybridized carbons (Fsp3) is 0.0500. The van der Waals surface area contributed by atoms with Crippen LogP contribution in [-0.4, -0.2) is 21.2 Å². The van der Waals surface area contributed by atoms with E-state index < -0.39 is 16.6 Å². The topological polar surface area (TPSA) is 140 Å². The second kappa shape index (κ2) is 9.37. The lowest BCUT2D eigenvalue weighted by Gasteiger charge is -2.19. The Bertz CT molecular complexity index is 965. The minimum Gasteiger partial charge on any atom is -0.595 e. The van der Waals surface area contributed by atoms with Crippen LogP contribution in [0, 0.1) is 10.4 Å². The van der Waals surface area contributed by atoms with Crippen LogP contribution in [0.5, 0.6) is 0 Å². The van der Waals surface area contributed by atoms with Gasteiger partial charge < -0.3 is 15.5 Å². The number of hydrogen-bond donors (Lipinski definition) is 6. The Morgan fingerprint density at radius 2 is 1.48 bits per heavy atom. The van der Waals surface area contributed by atoms with Gasteiger partial charge in [-0.3, -0.25) is 5.43 Å². The molecule has 3 aromatic rings. The van der Waals surface area contributed by atoms with Crippen molar-refractivity contribution >= 4 is 22.8 Å². The SMILES string of the molecule is [O-][NH+](O)c1ccc(NN=C(c2ccccc2)[C@H](O)c2ccccc2)c([NH+]([O-])O)c1. The molecule has 150 valence electrons. The van der Waals surface area contributed by atoms with E-state index in [4.69, 9.17) is 5.21 Å². The van der Waals surface area contributed by atoms with Gasteiger partial charge in [0.1, 0.15) is 17.5 Å². The molecule has 0 aliphatic carbocycles. The lowest BCUT2D eigenvalue weighted by atomic mass is 9.99. The third-order valence-electron chi connectivity index (χ3n) is 4.24. The normalized spacial score (nSPS) is 14.9. The molecule has 0 spiro atoms. The Morgan fingerprint density at radius 3 is 2.07 bits per heavy atom. The van der Waals surface area contributed by atoms with Gasteiger partial charge in [0.15, 0.2) is 11.4 Å². The zero-order chi connectivity index (χ0) is 20.8. The van der Waals surface area contributed by atoms with E-state index in [1.165, 1.54) is 12.1 Å². The second-order valence-corrected chi connectivity index (χ2v) is 6.16. The van der Waals surface area contributed by atoms with E-state index in [0.29, 0.717) is 11.1 Å². The summed E-state index contributed by atoms with van der Waals surface area (Å²) in [4.78, 5) is 0. The molecule has 9 nitrogen and oxygen atoms in total. The number of quaternary nitrogens is 2. The molecule has 0 saturated heterocycles. The molecule has 0 amide bonds. The highest BCUT2D eigenvalue weighted by Gasteiger charge is 2.19. The Labute approximate surface area is 166 Å². The summed E-state index contributed by atoms with van der Waals surface area (Å²) in [5, 5.41) is 53.7. The van der Waals surface area contributed by atoms with E-state index in [1.807, 2.05) is 12.1 Å². The number of nitrogens with one attached hydrogen (secondary N) is 3. The maximum atomic E-state index is 11.5. The first-order valence-corrected chi connectivity index (χ1v) is 8.70. The lowest BCUT2D eigenvalue weighted by molar-refractivity contribution is -0.996. The summed E-state index contributed by atoms with van der Waals surface area (Å²) in [6.45, 7) is 0. The number of nitrogens with zero attached hydrogens (tertiary/aromatic N) is 1. The molecule has 29 heavy (non-hydrogen) atoms. The summed E-state index contributed by atoms with van der Waals surface area (Å²) >= 11 is 0. The van der Waals surface area contributed by atoms with Crippen LogP contribution in [0.25, 0.3) is 0 Å². The number of benzene rings is 3. The Morgan fingerprint density at radius 1 is 0.862 bits per heavy atom. The molecule has 6 N–H and O–H groups in total. The first kappa shape index (κ1) is 20.6. The van der Waals surface area contributed by atoms with Crippen molar-refractivity contribution in [1.29, 1.82) is 0 Å². The van der Waals surface area contributed by atoms with E-state index in [0.717, 1.165) is 6.07 Å². The van der Waals surface area contributed by atoms with Crippen LogP contribution in [0.1, 0.15) is 17.2 Å². The molecule has 2 unspecified atom stereocenters. The van der Waals surface area contributed by atoms with Gasteiger partial charge in [-0.15, -0.1) is 0 Å². The van der Waals surface area contributed by atoms with Crippen molar-refractivity contribution in [2.24, 2.45) is 5.10 Å². The number of aliphatic hydroxyl groups excluding tert-OH is 1. The van der Waals surface area contributed by atoms with Crippen LogP contribution in [-0.2, 0) is 0 Å². The van der Waals surface area contributed by atoms with Crippen molar-refractivity contribution in [2.75, 3.05) is 5.43 Å². The molecule has 0 aliphatic heterocycles. The smallest absolute Gasteiger partial charge is 0.195 e. The minimum atomic E-state index is -1.30. The number of rotatable bonds is 7. The fourth-order valence-corrected chi connectivity index (χ4v) is 2.76. The standard InChI is InChI=1S/C20H20N4O5/c25-20(15-9-5-2-6-10-15)19(14-7-3-1-4-8-14)22-21-17-12-11-16(23(26)27)13-18(17)24(28)29/h1-13,20-21,23-26,28H/t20-/m1/s1. The van der Waals surface area contributed by atoms with Gasteiger partial charge in [-0.1, -0.05) is 60.7 Å². The second-order valence-electron chi connectivity index (χ2n) is 6.16. The van der Waals surface area contributed by atoms with Gasteiger partial charge >= 0.3 is 0 Å². The zero-order valence-corrected chi connectivity index (χ0v) is 15.2. The monoisotopic (exact) mass is 396 g/mol. The molecule has 3 rings (SSSR count). The van der Waals surface area contributed by atoms with Crippen LogP contribution in [0.15, 0.2) is 84.0 Å². The van der Waals surface area contributed by atoms with E-state index in [1.54, 1.807) is 48.5 Å². The number of aliphatic hydroxyl groups is 1. The van der Waals surface area contributed by atoms with Crippen molar-refractivity contribution in [3.8, 4) is 0 Å². The molecule has 0 aromatic heterocycles. The minimum absolute atomic E-state index is 0.108. The van der Waals surface area contributed by atoms with Gasteiger partial charge in [0.05, 0.1) is 6.07 Å². The third-order valence-corrected chi connectivity index (χ3v) is 4.24. The summed E-state index contributed by atoms with van der Waals surface area (Å²) in [5.74, 6) is 0. The van der Waals surface area contributed by atoms with Crippen LogP contribution in [0.2, 0.25) is 0 Å². The summed E-state index contributed by atoms with van der Waals surface area (Å²) < 4.78 is 0. The van der Waals surface area contributed by atoms with E-state index in [2.05, 4.69) is 10.5 Å². The molecule has 0 fully saturated rings. The summed E-state index contributed by atoms with van der Waals surface area (Å²) in [6, 6.07) is 21.6. The fourth-order valence-electron chi connectivity index (χ4n) is 2.76. The van der Waals surface area contributed by atoms with Crippen LogP contribution in [0.3, 0.4) is 0 Å². The predicted octanol–water partition coefficient (Wildman–Crippen LogP) is 1.04. The van der Waals surface area contributed by atoms with E-state index in [9.17, 15) is 20.7 Å². The molecule has 0 heterocycles. The quantitative estimate of drug-likeness (QED) is 0.261. The molecular weight excluding hydrogens is 376 g/mol. The summed E-state index contributed by atoms with van der Waals surface area (Å²) in [5.41, 5.74) is 3.94. The highest BCUT2D eigenvalue weighted by Crippen LogP contribution is 2.23. The molecule has 0 radical (unpaired) electrons. The Kier molecular flexibility index (Phi) is 6.65. The Balaban J connectivity index is 1.99. The number of anilines is 1. The van der Waals surface area contributed by atoms with Crippen molar-refractivity contribution < 1.29 is 26.0 Å². The van der Waals surface area contributed by atoms with Gasteiger partial charge in [0.2, 0.25) is 0 Å². The average molecular weight is 396 g/mol. The molecular formula is C20H20N4O5. The highest BCUT2D eigenvalue weighted by molar-refractivity contribution is 6.04. The predicted molar refractivity (Wildman–Crippen MR) is 106 cm³/mol. The van der Waals surface area contributed by atoms with Crippen molar-refractivity contribution in [2.45, 2.75) is 6.10 Å². The van der Waals surface area contributed by atoms with Crippen molar-refractivity contribution in [3.05, 3.63) is 100 Å². The van der Waals surface area contributed by atoms with Gasteiger partial charge in [0.25, 0.3) is 0 Å². The highest BCUT2D eigenvalue weighted by atomic mass is 16.8. The first-order valence-electron chi connectivity index (χ1n) is 8.70. The van der Waals surface area contributed by atoms with E-state index in [-0.39, 0.29) is 22.8 Å². The van der Waals surface area contributed by atoms with Crippen LogP contribution in [0.4, 0.5) is 17.1 Å². The third kappa shape index (κ3) is 5.02. The largest absolute Gasteiger partial charge is 0.595 e. The van der Waals surface area contributed by atoms with Gasteiger partial charge in [-0.2, -0.15) is 15.6 Å². The summed E-state index contributed by atoms with van der Waals surface area (Å²) in [7, 11) is 0. The van der Waals surface area contributed by atoms with Gasteiger partial charge in [-0.25, -0.2) is 10.4 Å². The number of hydrazone groups is 1. The van der Waals surface area contributed by atoms with Crippen molar-refractivity contribution in [3.63, 3.8) is 0 Å². The average Bonchev–Trinajstić information content (AvgIpc) is 2.75. The molecule has 0 saturated carbocycles. The van der Waals surface area contributed by atoms with Gasteiger partial charge in [0, 0.05) is 11.6 Å². The number of hydrogen-bond acceptors (Lipinski definition) is 7. The van der Waals surface area contributed by atoms with Crippen LogP contribution >= 0.6 is 0 Å². The first-order chi connectivity index (χ1) is 14.0.